The summed E-state index contributed by atoms with van der Waals surface area (Å²) in [6.45, 7) is 4.19. The van der Waals surface area contributed by atoms with E-state index in [0.29, 0.717) is 27.8 Å². The van der Waals surface area contributed by atoms with Crippen LogP contribution >= 0.6 is 11.3 Å². The number of nitrogens with zero attached hydrogens (tertiary/aromatic N) is 3. The van der Waals surface area contributed by atoms with Gasteiger partial charge in [-0.25, -0.2) is 4.98 Å². The predicted octanol–water partition coefficient (Wildman–Crippen LogP) is 5.85. The highest BCUT2D eigenvalue weighted by Crippen LogP contribution is 2.34. The molecule has 0 saturated heterocycles. The Hall–Kier alpha value is -3.63. The van der Waals surface area contributed by atoms with E-state index in [1.165, 1.54) is 11.3 Å². The van der Waals surface area contributed by atoms with Crippen molar-refractivity contribution in [3.8, 4) is 28.8 Å². The molecule has 1 atom stereocenters. The number of methoxy groups -OCH3 is 2. The molecule has 0 radical (unpaired) electrons. The van der Waals surface area contributed by atoms with Gasteiger partial charge in [0.25, 0.3) is 0 Å². The zero-order valence-corrected chi connectivity index (χ0v) is 19.1. The van der Waals surface area contributed by atoms with Crippen LogP contribution < -0.4 is 9.47 Å². The van der Waals surface area contributed by atoms with Gasteiger partial charge >= 0.3 is 0 Å². The lowest BCUT2D eigenvalue weighted by atomic mass is 9.98. The topological polar surface area (TPSA) is 77.1 Å². The number of fused-ring (bicyclic) bond motifs is 1. The van der Waals surface area contributed by atoms with Gasteiger partial charge in [-0.1, -0.05) is 12.1 Å². The highest BCUT2D eigenvalue weighted by molar-refractivity contribution is 7.10. The van der Waals surface area contributed by atoms with Gasteiger partial charge in [0.2, 0.25) is 0 Å². The van der Waals surface area contributed by atoms with E-state index in [9.17, 15) is 10.1 Å². The highest BCUT2D eigenvalue weighted by atomic mass is 32.1. The molecule has 6 nitrogen and oxygen atoms in total. The average molecular weight is 446 g/mol. The molecule has 32 heavy (non-hydrogen) atoms. The van der Waals surface area contributed by atoms with Gasteiger partial charge < -0.3 is 14.0 Å². The van der Waals surface area contributed by atoms with Crippen molar-refractivity contribution >= 4 is 28.0 Å². The first-order chi connectivity index (χ1) is 15.5. The molecule has 2 aromatic heterocycles. The van der Waals surface area contributed by atoms with E-state index >= 15 is 0 Å². The molecule has 0 N–H and O–H groups in total. The van der Waals surface area contributed by atoms with Crippen molar-refractivity contribution in [1.29, 1.82) is 5.26 Å². The van der Waals surface area contributed by atoms with Gasteiger partial charge in [0.15, 0.2) is 23.2 Å². The largest absolute Gasteiger partial charge is 0.493 e. The molecule has 0 spiro atoms. The summed E-state index contributed by atoms with van der Waals surface area (Å²) in [7, 11) is 3.15. The summed E-state index contributed by atoms with van der Waals surface area (Å²) in [6.07, 6.45) is 2.02. The van der Waals surface area contributed by atoms with E-state index < -0.39 is 5.92 Å². The zero-order valence-electron chi connectivity index (χ0n) is 18.3. The molecule has 2 aromatic carbocycles. The van der Waals surface area contributed by atoms with E-state index in [1.807, 2.05) is 41.9 Å². The fraction of sp³-hybridized carbons (Fsp3) is 0.240. The van der Waals surface area contributed by atoms with Gasteiger partial charge in [-0.3, -0.25) is 4.79 Å². The van der Waals surface area contributed by atoms with E-state index in [0.717, 1.165) is 16.5 Å². The molecule has 7 heteroatoms. The second kappa shape index (κ2) is 8.85. The van der Waals surface area contributed by atoms with Crippen LogP contribution in [0.15, 0.2) is 54.0 Å². The first kappa shape index (κ1) is 21.6. The Balaban J connectivity index is 1.66. The summed E-state index contributed by atoms with van der Waals surface area (Å²) in [4.78, 5) is 17.9. The minimum atomic E-state index is -0.964. The van der Waals surface area contributed by atoms with Crippen molar-refractivity contribution < 1.29 is 14.3 Å². The van der Waals surface area contributed by atoms with Crippen molar-refractivity contribution in [2.24, 2.45) is 0 Å². The van der Waals surface area contributed by atoms with Gasteiger partial charge in [0.05, 0.1) is 26.0 Å². The fourth-order valence-electron chi connectivity index (χ4n) is 3.69. The number of Topliss-reactive ketones (excluding diaryl/α,β-unsaturated/α-hetero) is 1. The number of aromatic nitrogens is 2. The lowest BCUT2D eigenvalue weighted by molar-refractivity contribution is 0.0979. The van der Waals surface area contributed by atoms with Crippen LogP contribution in [-0.4, -0.2) is 29.6 Å². The average Bonchev–Trinajstić information content (AvgIpc) is 3.46. The summed E-state index contributed by atoms with van der Waals surface area (Å²) in [5.41, 5.74) is 2.99. The van der Waals surface area contributed by atoms with Crippen LogP contribution in [0.3, 0.4) is 0 Å². The van der Waals surface area contributed by atoms with Crippen LogP contribution in [0.2, 0.25) is 0 Å². The summed E-state index contributed by atoms with van der Waals surface area (Å²) in [5.74, 6) is 0.000151. The quantitative estimate of drug-likeness (QED) is 0.333. The zero-order chi connectivity index (χ0) is 22.8. The van der Waals surface area contributed by atoms with Crippen LogP contribution in [0.1, 0.15) is 41.2 Å². The first-order valence-corrected chi connectivity index (χ1v) is 11.1. The summed E-state index contributed by atoms with van der Waals surface area (Å²) in [5, 5.41) is 13.2. The van der Waals surface area contributed by atoms with E-state index in [1.54, 1.807) is 26.4 Å². The molecule has 4 rings (SSSR count). The predicted molar refractivity (Wildman–Crippen MR) is 126 cm³/mol. The molecular weight excluding hydrogens is 422 g/mol. The number of benzene rings is 2. The first-order valence-electron chi connectivity index (χ1n) is 10.2. The third-order valence-corrected chi connectivity index (χ3v) is 6.31. The monoisotopic (exact) mass is 445 g/mol. The van der Waals surface area contributed by atoms with Crippen LogP contribution in [0.5, 0.6) is 11.5 Å². The molecule has 0 aliphatic carbocycles. The number of rotatable bonds is 7. The van der Waals surface area contributed by atoms with Gasteiger partial charge in [0.1, 0.15) is 5.01 Å². The van der Waals surface area contributed by atoms with Crippen molar-refractivity contribution in [1.82, 2.24) is 9.55 Å². The Morgan fingerprint density at radius 3 is 2.56 bits per heavy atom. The van der Waals surface area contributed by atoms with E-state index in [-0.39, 0.29) is 11.8 Å². The standard InChI is InChI=1S/C25H23N3O3S/c1-15(2)28-10-9-16-5-6-18(11-21(16)28)24(29)19(13-26)25-27-20(14-32-25)17-7-8-22(30-3)23(12-17)31-4/h5-12,14-15,19H,1-4H3. The van der Waals surface area contributed by atoms with Crippen LogP contribution in [0, 0.1) is 11.3 Å². The maximum atomic E-state index is 13.3. The third-order valence-electron chi connectivity index (χ3n) is 5.40. The van der Waals surface area contributed by atoms with Crippen molar-refractivity contribution in [2.75, 3.05) is 14.2 Å². The lowest BCUT2D eigenvalue weighted by Crippen LogP contribution is -2.11. The number of nitriles is 1. The number of thiazole rings is 1. The van der Waals surface area contributed by atoms with Crippen molar-refractivity contribution in [2.45, 2.75) is 25.8 Å². The summed E-state index contributed by atoms with van der Waals surface area (Å²) in [6, 6.07) is 15.5. The van der Waals surface area contributed by atoms with Gasteiger partial charge in [-0.15, -0.1) is 11.3 Å². The molecule has 1 unspecified atom stereocenters. The van der Waals surface area contributed by atoms with Gasteiger partial charge in [-0.05, 0) is 49.6 Å². The molecule has 162 valence electrons. The number of carbonyl (C=O) groups excluding carboxylic acids is 1. The molecule has 0 fully saturated rings. The maximum Gasteiger partial charge on any atom is 0.187 e. The Morgan fingerprint density at radius 1 is 1.09 bits per heavy atom. The molecule has 0 saturated carbocycles. The number of carbonyl (C=O) groups is 1. The minimum Gasteiger partial charge on any atom is -0.493 e. The van der Waals surface area contributed by atoms with Crippen LogP contribution in [-0.2, 0) is 0 Å². The molecule has 0 aliphatic heterocycles. The van der Waals surface area contributed by atoms with E-state index in [2.05, 4.69) is 29.5 Å². The molecular formula is C25H23N3O3S. The van der Waals surface area contributed by atoms with E-state index in [4.69, 9.17) is 9.47 Å². The molecule has 0 bridgehead atoms. The summed E-state index contributed by atoms with van der Waals surface area (Å²) >= 11 is 1.31. The Morgan fingerprint density at radius 2 is 1.88 bits per heavy atom. The Bertz CT molecular complexity index is 1330. The second-order valence-corrected chi connectivity index (χ2v) is 8.55. The Labute approximate surface area is 190 Å². The summed E-state index contributed by atoms with van der Waals surface area (Å²) < 4.78 is 12.8. The second-order valence-electron chi connectivity index (χ2n) is 7.66. The van der Waals surface area contributed by atoms with Gasteiger partial charge in [-0.2, -0.15) is 5.26 Å². The molecule has 0 amide bonds. The molecule has 4 aromatic rings. The van der Waals surface area contributed by atoms with Crippen molar-refractivity contribution in [3.05, 3.63) is 64.6 Å². The van der Waals surface area contributed by atoms with Gasteiger partial charge in [0, 0.05) is 34.3 Å². The highest BCUT2D eigenvalue weighted by Gasteiger charge is 2.26. The number of hydrogen-bond acceptors (Lipinski definition) is 6. The van der Waals surface area contributed by atoms with Crippen LogP contribution in [0.4, 0.5) is 0 Å². The SMILES string of the molecule is COc1ccc(-c2csc(C(C#N)C(=O)c3ccc4ccn(C(C)C)c4c3)n2)cc1OC. The smallest absolute Gasteiger partial charge is 0.187 e. The molecule has 0 aliphatic rings. The normalized spacial score (nSPS) is 12.0. The number of ketones is 1. The number of ether oxygens (including phenoxy) is 2. The molecule has 2 heterocycles. The Kier molecular flexibility index (Phi) is 5.97. The third kappa shape index (κ3) is 3.85. The maximum absolute atomic E-state index is 13.3. The number of hydrogen-bond donors (Lipinski definition) is 0. The van der Waals surface area contributed by atoms with Crippen LogP contribution in [0.25, 0.3) is 22.2 Å². The van der Waals surface area contributed by atoms with Crippen molar-refractivity contribution in [3.63, 3.8) is 0 Å². The fourth-order valence-corrected chi connectivity index (χ4v) is 4.56. The lowest BCUT2D eigenvalue weighted by Gasteiger charge is -2.11. The minimum absolute atomic E-state index is 0.251.